The lowest BCUT2D eigenvalue weighted by molar-refractivity contribution is -0.143. The number of benzene rings is 1. The maximum absolute atomic E-state index is 13.1. The minimum Gasteiger partial charge on any atom is -0.427 e. The maximum Gasteiger partial charge on any atom is 0.433 e. The van der Waals surface area contributed by atoms with E-state index in [9.17, 15) is 18.0 Å². The van der Waals surface area contributed by atoms with Crippen molar-refractivity contribution < 1.29 is 17.6 Å². The standard InChI is InChI=1S/C18H15F3N6O2S/c1-10-15(12-8-14(18(19,20)21)25(2)24-12)29-16(30-10)23-11-6-4-5-7-13(11)27-9-22-26(3)17(27)28/h4-9H,1-3H3. The summed E-state index contributed by atoms with van der Waals surface area (Å²) in [4.78, 5) is 17.5. The Bertz CT molecular complexity index is 1360. The van der Waals surface area contributed by atoms with Crippen LogP contribution in [0.4, 0.5) is 18.9 Å². The minimum atomic E-state index is -4.52. The smallest absolute Gasteiger partial charge is 0.427 e. The summed E-state index contributed by atoms with van der Waals surface area (Å²) < 4.78 is 48.2. The first-order valence-corrected chi connectivity index (χ1v) is 9.43. The first-order chi connectivity index (χ1) is 14.1. The molecule has 0 aliphatic heterocycles. The number of aryl methyl sites for hydroxylation is 3. The Morgan fingerprint density at radius 2 is 1.90 bits per heavy atom. The van der Waals surface area contributed by atoms with Gasteiger partial charge in [-0.3, -0.25) is 4.68 Å². The van der Waals surface area contributed by atoms with E-state index < -0.39 is 11.9 Å². The average Bonchev–Trinajstić information content (AvgIpc) is 3.33. The molecule has 156 valence electrons. The van der Waals surface area contributed by atoms with Crippen molar-refractivity contribution >= 4 is 17.0 Å². The molecule has 1 aromatic carbocycles. The molecule has 0 unspecified atom stereocenters. The third-order valence-electron chi connectivity index (χ3n) is 4.33. The number of nitrogens with zero attached hydrogens (tertiary/aromatic N) is 6. The highest BCUT2D eigenvalue weighted by Gasteiger charge is 2.35. The van der Waals surface area contributed by atoms with Crippen molar-refractivity contribution in [2.24, 2.45) is 19.1 Å². The molecule has 0 spiro atoms. The van der Waals surface area contributed by atoms with Crippen molar-refractivity contribution in [3.05, 3.63) is 62.6 Å². The second-order valence-electron chi connectivity index (χ2n) is 6.40. The summed E-state index contributed by atoms with van der Waals surface area (Å²) in [5, 5.41) is 7.85. The second kappa shape index (κ2) is 7.13. The zero-order valence-corrected chi connectivity index (χ0v) is 16.8. The summed E-state index contributed by atoms with van der Waals surface area (Å²) in [6, 6.07) is 7.84. The Hall–Kier alpha value is -3.41. The quantitative estimate of drug-likeness (QED) is 0.494. The molecular formula is C18H15F3N6O2S. The fourth-order valence-electron chi connectivity index (χ4n) is 2.89. The molecule has 0 aliphatic carbocycles. The third-order valence-corrected chi connectivity index (χ3v) is 5.17. The molecule has 0 saturated carbocycles. The van der Waals surface area contributed by atoms with Crippen LogP contribution < -0.4 is 10.6 Å². The first kappa shape index (κ1) is 19.9. The van der Waals surface area contributed by atoms with Gasteiger partial charge in [0, 0.05) is 14.1 Å². The van der Waals surface area contributed by atoms with Crippen LogP contribution in [0.2, 0.25) is 0 Å². The van der Waals surface area contributed by atoms with Gasteiger partial charge in [-0.2, -0.15) is 23.4 Å². The summed E-state index contributed by atoms with van der Waals surface area (Å²) in [6.07, 6.45) is -3.14. The third kappa shape index (κ3) is 3.49. The van der Waals surface area contributed by atoms with Crippen LogP contribution in [0.1, 0.15) is 10.6 Å². The van der Waals surface area contributed by atoms with E-state index >= 15 is 0 Å². The Labute approximate surface area is 171 Å². The van der Waals surface area contributed by atoms with Crippen molar-refractivity contribution in [1.82, 2.24) is 24.1 Å². The minimum absolute atomic E-state index is 0.0665. The van der Waals surface area contributed by atoms with Crippen molar-refractivity contribution in [2.45, 2.75) is 13.1 Å². The number of rotatable bonds is 3. The van der Waals surface area contributed by atoms with Crippen molar-refractivity contribution in [3.8, 4) is 17.1 Å². The van der Waals surface area contributed by atoms with E-state index in [4.69, 9.17) is 4.42 Å². The van der Waals surface area contributed by atoms with Gasteiger partial charge in [-0.25, -0.2) is 19.0 Å². The van der Waals surface area contributed by atoms with Gasteiger partial charge in [-0.15, -0.1) is 0 Å². The molecule has 12 heteroatoms. The largest absolute Gasteiger partial charge is 0.433 e. The van der Waals surface area contributed by atoms with E-state index in [-0.39, 0.29) is 22.0 Å². The number of hydrogen-bond acceptors (Lipinski definition) is 6. The number of para-hydroxylation sites is 2. The molecule has 4 rings (SSSR count). The van der Waals surface area contributed by atoms with Gasteiger partial charge in [-0.1, -0.05) is 23.5 Å². The van der Waals surface area contributed by atoms with Crippen LogP contribution in [0.25, 0.3) is 17.1 Å². The molecule has 3 heterocycles. The van der Waals surface area contributed by atoms with E-state index in [1.807, 2.05) is 0 Å². The summed E-state index contributed by atoms with van der Waals surface area (Å²) in [5.74, 6) is 0.209. The van der Waals surface area contributed by atoms with Gasteiger partial charge in [0.1, 0.15) is 17.7 Å². The lowest BCUT2D eigenvalue weighted by Gasteiger charge is -2.04. The topological polar surface area (TPSA) is 83.1 Å². The molecule has 30 heavy (non-hydrogen) atoms. The molecule has 0 N–H and O–H groups in total. The summed E-state index contributed by atoms with van der Waals surface area (Å²) in [7, 11) is 2.76. The monoisotopic (exact) mass is 436 g/mol. The van der Waals surface area contributed by atoms with E-state index in [0.29, 0.717) is 16.3 Å². The summed E-state index contributed by atoms with van der Waals surface area (Å²) in [6.45, 7) is 1.71. The average molecular weight is 436 g/mol. The predicted octanol–water partition coefficient (Wildman–Crippen LogP) is 3.19. The number of hydrogen-bond donors (Lipinski definition) is 0. The fraction of sp³-hybridized carbons (Fsp3) is 0.222. The van der Waals surface area contributed by atoms with Crippen LogP contribution in [-0.4, -0.2) is 24.1 Å². The molecule has 3 aromatic heterocycles. The van der Waals surface area contributed by atoms with Gasteiger partial charge in [0.25, 0.3) is 4.87 Å². The lowest BCUT2D eigenvalue weighted by Crippen LogP contribution is -2.21. The highest BCUT2D eigenvalue weighted by molar-refractivity contribution is 7.09. The normalized spacial score (nSPS) is 12.7. The number of aromatic nitrogens is 5. The molecule has 0 saturated heterocycles. The SMILES string of the molecule is Cc1sc(=Nc2ccccc2-n2cnn(C)c2=O)oc1-c1cc(C(F)(F)F)n(C)n1. The molecule has 0 bridgehead atoms. The van der Waals surface area contributed by atoms with Crippen molar-refractivity contribution in [3.63, 3.8) is 0 Å². The van der Waals surface area contributed by atoms with Gasteiger partial charge in [0.15, 0.2) is 5.76 Å². The van der Waals surface area contributed by atoms with Crippen LogP contribution in [0.15, 0.2) is 50.9 Å². The van der Waals surface area contributed by atoms with Gasteiger partial charge < -0.3 is 4.42 Å². The Balaban J connectivity index is 1.80. The molecular weight excluding hydrogens is 421 g/mol. The highest BCUT2D eigenvalue weighted by Crippen LogP contribution is 2.33. The van der Waals surface area contributed by atoms with Gasteiger partial charge in [-0.05, 0) is 25.1 Å². The molecule has 8 nitrogen and oxygen atoms in total. The van der Waals surface area contributed by atoms with Gasteiger partial charge in [0.2, 0.25) is 0 Å². The second-order valence-corrected chi connectivity index (χ2v) is 7.56. The van der Waals surface area contributed by atoms with E-state index in [1.165, 1.54) is 41.0 Å². The predicted molar refractivity (Wildman–Crippen MR) is 103 cm³/mol. The van der Waals surface area contributed by atoms with E-state index in [1.54, 1.807) is 31.2 Å². The van der Waals surface area contributed by atoms with Gasteiger partial charge >= 0.3 is 11.9 Å². The summed E-state index contributed by atoms with van der Waals surface area (Å²) in [5.41, 5.74) is -0.211. The number of halogens is 3. The van der Waals surface area contributed by atoms with Crippen molar-refractivity contribution in [2.75, 3.05) is 0 Å². The molecule has 0 amide bonds. The zero-order chi connectivity index (χ0) is 21.6. The Kier molecular flexibility index (Phi) is 4.73. The molecule has 0 aliphatic rings. The molecule has 4 aromatic rings. The molecule has 0 radical (unpaired) electrons. The van der Waals surface area contributed by atoms with Crippen molar-refractivity contribution in [1.29, 1.82) is 0 Å². The maximum atomic E-state index is 13.1. The molecule has 0 atom stereocenters. The van der Waals surface area contributed by atoms with Crippen LogP contribution in [0.5, 0.6) is 0 Å². The summed E-state index contributed by atoms with van der Waals surface area (Å²) >= 11 is 1.17. The fourth-order valence-corrected chi connectivity index (χ4v) is 3.66. The van der Waals surface area contributed by atoms with Crippen LogP contribution in [-0.2, 0) is 20.3 Å². The van der Waals surface area contributed by atoms with Crippen LogP contribution in [0, 0.1) is 6.92 Å². The molecule has 0 fully saturated rings. The van der Waals surface area contributed by atoms with E-state index in [0.717, 1.165) is 10.7 Å². The first-order valence-electron chi connectivity index (χ1n) is 8.62. The van der Waals surface area contributed by atoms with Crippen LogP contribution >= 0.6 is 11.3 Å². The highest BCUT2D eigenvalue weighted by atomic mass is 32.1. The number of alkyl halides is 3. The lowest BCUT2D eigenvalue weighted by atomic mass is 10.2. The Morgan fingerprint density at radius 3 is 2.53 bits per heavy atom. The van der Waals surface area contributed by atoms with Gasteiger partial charge in [0.05, 0.1) is 16.3 Å². The Morgan fingerprint density at radius 1 is 1.17 bits per heavy atom. The zero-order valence-electron chi connectivity index (χ0n) is 16.0. The van der Waals surface area contributed by atoms with Crippen LogP contribution in [0.3, 0.4) is 0 Å². The van der Waals surface area contributed by atoms with E-state index in [2.05, 4.69) is 15.2 Å².